The van der Waals surface area contributed by atoms with Crippen LogP contribution in [0.2, 0.25) is 0 Å². The Kier molecular flexibility index (Phi) is 5.09. The van der Waals surface area contributed by atoms with Gasteiger partial charge in [0.1, 0.15) is 5.69 Å². The normalized spacial score (nSPS) is 12.2. The minimum Gasteiger partial charge on any atom is -0.370 e. The zero-order valence-corrected chi connectivity index (χ0v) is 14.8. The van der Waals surface area contributed by atoms with Gasteiger partial charge in [-0.25, -0.2) is 13.2 Å². The maximum atomic E-state index is 13.3. The lowest BCUT2D eigenvalue weighted by Crippen LogP contribution is -2.22. The molecule has 2 N–H and O–H groups in total. The van der Waals surface area contributed by atoms with Crippen LogP contribution in [0.5, 0.6) is 11.5 Å². The molecule has 2 aromatic carbocycles. The average Bonchev–Trinajstić information content (AvgIpc) is 3.37. The van der Waals surface area contributed by atoms with E-state index in [9.17, 15) is 18.0 Å². The summed E-state index contributed by atoms with van der Waals surface area (Å²) in [4.78, 5) is 22.1. The molecule has 0 atom stereocenters. The van der Waals surface area contributed by atoms with Crippen LogP contribution < -0.4 is 20.6 Å². The Morgan fingerprint density at radius 1 is 1.03 bits per heavy atom. The average molecular weight is 405 g/mol. The van der Waals surface area contributed by atoms with Crippen molar-refractivity contribution in [1.29, 1.82) is 0 Å². The van der Waals surface area contributed by atoms with Gasteiger partial charge in [0, 0.05) is 23.7 Å². The molecule has 2 heterocycles. The van der Waals surface area contributed by atoms with E-state index in [0.29, 0.717) is 17.9 Å². The Morgan fingerprint density at radius 3 is 2.59 bits per heavy atom. The van der Waals surface area contributed by atoms with E-state index in [0.717, 1.165) is 17.7 Å². The second-order valence-electron chi connectivity index (χ2n) is 6.28. The van der Waals surface area contributed by atoms with Crippen LogP contribution in [0.25, 0.3) is 11.3 Å². The van der Waals surface area contributed by atoms with Gasteiger partial charge < -0.3 is 19.5 Å². The van der Waals surface area contributed by atoms with E-state index in [1.54, 1.807) is 12.1 Å². The molecule has 3 aromatic rings. The number of halogens is 3. The molecule has 0 fully saturated rings. The summed E-state index contributed by atoms with van der Waals surface area (Å²) in [6.07, 6.45) is 0.709. The third-order valence-corrected chi connectivity index (χ3v) is 4.25. The van der Waals surface area contributed by atoms with Gasteiger partial charge >= 0.3 is 0 Å². The largest absolute Gasteiger partial charge is 0.370 e. The molecule has 0 saturated heterocycles. The summed E-state index contributed by atoms with van der Waals surface area (Å²) in [6.45, 7) is 0.0447. The topological polar surface area (TPSA) is 85.6 Å². The summed E-state index contributed by atoms with van der Waals surface area (Å²) < 4.78 is 44.8. The van der Waals surface area contributed by atoms with Crippen molar-refractivity contribution in [2.45, 2.75) is 19.4 Å². The maximum absolute atomic E-state index is 13.3. The third-order valence-electron chi connectivity index (χ3n) is 4.25. The fourth-order valence-electron chi connectivity index (χ4n) is 2.75. The van der Waals surface area contributed by atoms with Gasteiger partial charge in [0.2, 0.25) is 5.91 Å². The lowest BCUT2D eigenvalue weighted by Gasteiger charge is -2.04. The zero-order chi connectivity index (χ0) is 20.4. The van der Waals surface area contributed by atoms with E-state index in [1.807, 2.05) is 6.07 Å². The fraction of sp³-hybridized carbons (Fsp3) is 0.158. The maximum Gasteiger partial charge on any atom is 0.220 e. The van der Waals surface area contributed by atoms with Gasteiger partial charge in [-0.15, -0.1) is 0 Å². The molecule has 0 aliphatic carbocycles. The molecule has 150 valence electrons. The summed E-state index contributed by atoms with van der Waals surface area (Å²) in [6, 6.07) is 8.38. The van der Waals surface area contributed by atoms with Crippen LogP contribution in [0.4, 0.5) is 13.2 Å². The van der Waals surface area contributed by atoms with Crippen LogP contribution in [-0.2, 0) is 17.8 Å². The summed E-state index contributed by atoms with van der Waals surface area (Å²) >= 11 is 0. The summed E-state index contributed by atoms with van der Waals surface area (Å²) in [5.41, 5.74) is 3.34. The second-order valence-corrected chi connectivity index (χ2v) is 6.28. The van der Waals surface area contributed by atoms with E-state index >= 15 is 0 Å². The summed E-state index contributed by atoms with van der Waals surface area (Å²) in [7, 11) is 0. The minimum absolute atomic E-state index is 0.0278. The number of hydrogen-bond acceptors (Lipinski definition) is 6. The molecule has 0 unspecified atom stereocenters. The highest BCUT2D eigenvalue weighted by Gasteiger charge is 2.16. The van der Waals surface area contributed by atoms with Crippen LogP contribution in [0.1, 0.15) is 17.7 Å². The molecule has 4 rings (SSSR count). The highest BCUT2D eigenvalue weighted by atomic mass is 19.2. The van der Waals surface area contributed by atoms with Crippen molar-refractivity contribution in [2.24, 2.45) is 0 Å². The lowest BCUT2D eigenvalue weighted by atomic mass is 10.1. The Bertz CT molecular complexity index is 1050. The minimum atomic E-state index is -1.55. The zero-order valence-electron chi connectivity index (χ0n) is 14.8. The predicted molar refractivity (Wildman–Crippen MR) is 92.8 cm³/mol. The first-order valence-electron chi connectivity index (χ1n) is 8.58. The number of benzene rings is 2. The lowest BCUT2D eigenvalue weighted by molar-refractivity contribution is -0.121. The van der Waals surface area contributed by atoms with Gasteiger partial charge in [0.05, 0.1) is 6.54 Å². The van der Waals surface area contributed by atoms with E-state index in [1.165, 1.54) is 6.07 Å². The van der Waals surface area contributed by atoms with Gasteiger partial charge in [-0.05, 0) is 36.2 Å². The molecule has 0 saturated carbocycles. The van der Waals surface area contributed by atoms with Crippen molar-refractivity contribution in [2.75, 3.05) is 0 Å². The van der Waals surface area contributed by atoms with Crippen LogP contribution in [0, 0.1) is 17.5 Å². The number of carbonyl (C=O) groups is 1. The molecule has 10 heteroatoms. The summed E-state index contributed by atoms with van der Waals surface area (Å²) in [5.74, 6) is -3.02. The number of aryl methyl sites for hydroxylation is 1. The first-order valence-corrected chi connectivity index (χ1v) is 8.58. The number of rotatable bonds is 6. The molecule has 0 radical (unpaired) electrons. The first kappa shape index (κ1) is 18.8. The monoisotopic (exact) mass is 405 g/mol. The number of nitrogens with one attached hydrogen (secondary N) is 2. The molecule has 7 nitrogen and oxygen atoms in total. The quantitative estimate of drug-likeness (QED) is 0.613. The van der Waals surface area contributed by atoms with Crippen LogP contribution >= 0.6 is 0 Å². The van der Waals surface area contributed by atoms with Crippen molar-refractivity contribution in [3.63, 3.8) is 0 Å². The number of carbonyl (C=O) groups excluding carboxylic acids is 1. The van der Waals surface area contributed by atoms with Crippen LogP contribution in [-0.4, -0.2) is 11.1 Å². The van der Waals surface area contributed by atoms with Crippen LogP contribution in [0.15, 0.2) is 40.9 Å². The number of amides is 1. The van der Waals surface area contributed by atoms with Gasteiger partial charge in [-0.2, -0.15) is 0 Å². The number of aromatic nitrogens is 1. The van der Waals surface area contributed by atoms with Gasteiger partial charge in [0.15, 0.2) is 34.7 Å². The van der Waals surface area contributed by atoms with Crippen molar-refractivity contribution in [3.05, 3.63) is 65.2 Å². The van der Waals surface area contributed by atoms with Crippen molar-refractivity contribution >= 4 is 5.91 Å². The highest BCUT2D eigenvalue weighted by Crippen LogP contribution is 2.31. The van der Waals surface area contributed by atoms with Gasteiger partial charge in [0.25, 0.3) is 0 Å². The van der Waals surface area contributed by atoms with Gasteiger partial charge in [-0.1, -0.05) is 11.2 Å². The molecule has 1 aliphatic heterocycles. The number of nitrogens with zero attached hydrogens (tertiary/aromatic N) is 1. The predicted octanol–water partition coefficient (Wildman–Crippen LogP) is 3.20. The highest BCUT2D eigenvalue weighted by molar-refractivity contribution is 5.76. The molecule has 0 spiro atoms. The van der Waals surface area contributed by atoms with E-state index in [-0.39, 0.29) is 35.9 Å². The summed E-state index contributed by atoms with van der Waals surface area (Å²) in [5, 5.41) is 6.36. The standard InChI is InChI=1S/C19H14F3N3O4/c20-13-6-11(7-14(21)19(13)22)15-8-12(27-24-15)9-23-18(26)4-2-10-1-3-16-17(5-10)29-25-28-16/h1,3,5-8,25H,2,4,9H2,(H,23,26). The Labute approximate surface area is 162 Å². The molecular formula is C19H14F3N3O4. The molecule has 0 bridgehead atoms. The molecule has 1 aromatic heterocycles. The van der Waals surface area contributed by atoms with E-state index in [2.05, 4.69) is 16.1 Å². The molecule has 1 amide bonds. The van der Waals surface area contributed by atoms with Crippen LogP contribution in [0.3, 0.4) is 0 Å². The smallest absolute Gasteiger partial charge is 0.220 e. The first-order chi connectivity index (χ1) is 14.0. The second kappa shape index (κ2) is 7.84. The SMILES string of the molecule is O=C(CCc1ccc2c(c1)ONO2)NCc1cc(-c2cc(F)c(F)c(F)c2)no1. The fourth-order valence-corrected chi connectivity index (χ4v) is 2.75. The Morgan fingerprint density at radius 2 is 1.79 bits per heavy atom. The number of fused-ring (bicyclic) bond motifs is 1. The molecular weight excluding hydrogens is 391 g/mol. The van der Waals surface area contributed by atoms with Gasteiger partial charge in [-0.3, -0.25) is 4.79 Å². The number of hydrogen-bond donors (Lipinski definition) is 2. The van der Waals surface area contributed by atoms with Crippen molar-refractivity contribution in [1.82, 2.24) is 16.1 Å². The molecule has 29 heavy (non-hydrogen) atoms. The Hall–Kier alpha value is -3.53. The third kappa shape index (κ3) is 4.16. The Balaban J connectivity index is 1.31. The molecule has 1 aliphatic rings. The van der Waals surface area contributed by atoms with E-state index < -0.39 is 17.5 Å². The van der Waals surface area contributed by atoms with Crippen molar-refractivity contribution in [3.8, 4) is 22.8 Å². The van der Waals surface area contributed by atoms with Crippen molar-refractivity contribution < 1.29 is 32.2 Å². The van der Waals surface area contributed by atoms with E-state index in [4.69, 9.17) is 14.2 Å².